The van der Waals surface area contributed by atoms with E-state index in [2.05, 4.69) is 83.9 Å². The van der Waals surface area contributed by atoms with E-state index in [9.17, 15) is 0 Å². The Morgan fingerprint density at radius 1 is 0.972 bits per heavy atom. The molecule has 0 spiro atoms. The number of aliphatic imine (C=N–C) groups is 1. The van der Waals surface area contributed by atoms with E-state index in [1.807, 2.05) is 31.1 Å². The topological polar surface area (TPSA) is 25.2 Å². The predicted molar refractivity (Wildman–Crippen MR) is 157 cm³/mol. The minimum atomic E-state index is 0.0878. The maximum Gasteiger partial charge on any atom is 0.0825 e. The second kappa shape index (κ2) is 8.79. The van der Waals surface area contributed by atoms with Crippen molar-refractivity contribution in [3.8, 4) is 23.6 Å². The SMILES string of the molecule is C#Cc1cc2c(c(CC(C)(C)C)c1N=CC)Sc1cc3cc(CC(C)(C)C)ccc3c3ccnc-2c13. The lowest BCUT2D eigenvalue weighted by atomic mass is 9.85. The van der Waals surface area contributed by atoms with Gasteiger partial charge in [-0.3, -0.25) is 9.98 Å². The summed E-state index contributed by atoms with van der Waals surface area (Å²) in [6.07, 6.45) is 11.8. The zero-order valence-electron chi connectivity index (χ0n) is 22.4. The summed E-state index contributed by atoms with van der Waals surface area (Å²) < 4.78 is 0. The van der Waals surface area contributed by atoms with Gasteiger partial charge in [-0.1, -0.05) is 77.4 Å². The number of nitrogens with zero attached hydrogens (tertiary/aromatic N) is 2. The van der Waals surface area contributed by atoms with Crippen molar-refractivity contribution in [2.75, 3.05) is 0 Å². The molecule has 0 unspecified atom stereocenters. The number of terminal acetylenes is 1. The van der Waals surface area contributed by atoms with Crippen molar-refractivity contribution in [2.24, 2.45) is 15.8 Å². The van der Waals surface area contributed by atoms with Crippen LogP contribution >= 0.6 is 11.8 Å². The van der Waals surface area contributed by atoms with Crippen molar-refractivity contribution < 1.29 is 0 Å². The number of aromatic nitrogens is 1. The first-order valence-electron chi connectivity index (χ1n) is 12.7. The predicted octanol–water partition coefficient (Wildman–Crippen LogP) is 9.40. The molecular weight excluding hydrogens is 456 g/mol. The summed E-state index contributed by atoms with van der Waals surface area (Å²) in [5.74, 6) is 2.92. The minimum Gasteiger partial charge on any atom is -0.260 e. The highest BCUT2D eigenvalue weighted by molar-refractivity contribution is 8.00. The Hall–Kier alpha value is -3.09. The third-order valence-corrected chi connectivity index (χ3v) is 7.77. The molecule has 2 heterocycles. The van der Waals surface area contributed by atoms with Gasteiger partial charge in [0, 0.05) is 33.2 Å². The number of fused-ring (bicyclic) bond motifs is 4. The minimum absolute atomic E-state index is 0.0878. The number of hydrogen-bond donors (Lipinski definition) is 0. The molecule has 1 aliphatic rings. The molecule has 5 rings (SSSR count). The van der Waals surface area contributed by atoms with E-state index in [1.165, 1.54) is 42.5 Å². The average molecular weight is 491 g/mol. The highest BCUT2D eigenvalue weighted by Gasteiger charge is 2.29. The van der Waals surface area contributed by atoms with E-state index in [4.69, 9.17) is 16.4 Å². The van der Waals surface area contributed by atoms with Crippen LogP contribution in [0, 0.1) is 23.2 Å². The molecule has 3 aromatic carbocycles. The Labute approximate surface area is 219 Å². The molecule has 0 atom stereocenters. The molecule has 4 aromatic rings. The van der Waals surface area contributed by atoms with Gasteiger partial charge in [0.25, 0.3) is 0 Å². The van der Waals surface area contributed by atoms with E-state index in [0.29, 0.717) is 0 Å². The molecule has 3 heteroatoms. The summed E-state index contributed by atoms with van der Waals surface area (Å²) in [6, 6.07) is 13.6. The van der Waals surface area contributed by atoms with E-state index in [0.717, 1.165) is 35.3 Å². The largest absolute Gasteiger partial charge is 0.260 e. The van der Waals surface area contributed by atoms with Gasteiger partial charge < -0.3 is 0 Å². The Morgan fingerprint density at radius 2 is 1.72 bits per heavy atom. The quantitative estimate of drug-likeness (QED) is 0.143. The van der Waals surface area contributed by atoms with Crippen LogP contribution in [-0.4, -0.2) is 11.2 Å². The molecule has 0 N–H and O–H groups in total. The van der Waals surface area contributed by atoms with Crippen LogP contribution in [0.1, 0.15) is 65.2 Å². The molecule has 0 amide bonds. The first-order chi connectivity index (χ1) is 17.0. The van der Waals surface area contributed by atoms with Crippen LogP contribution in [0.4, 0.5) is 5.69 Å². The number of rotatable bonds is 3. The van der Waals surface area contributed by atoms with Gasteiger partial charge in [0.2, 0.25) is 0 Å². The van der Waals surface area contributed by atoms with E-state index >= 15 is 0 Å². The summed E-state index contributed by atoms with van der Waals surface area (Å²) in [6.45, 7) is 15.6. The fourth-order valence-electron chi connectivity index (χ4n) is 5.33. The summed E-state index contributed by atoms with van der Waals surface area (Å²) in [5, 5.41) is 5.04. The number of hydrogen-bond acceptors (Lipinski definition) is 3. The van der Waals surface area contributed by atoms with Crippen molar-refractivity contribution in [1.29, 1.82) is 0 Å². The Morgan fingerprint density at radius 3 is 2.39 bits per heavy atom. The third kappa shape index (κ3) is 4.44. The van der Waals surface area contributed by atoms with Crippen molar-refractivity contribution in [3.05, 3.63) is 59.3 Å². The fourth-order valence-corrected chi connectivity index (χ4v) is 6.60. The molecule has 0 aliphatic carbocycles. The molecule has 0 saturated heterocycles. The van der Waals surface area contributed by atoms with Crippen molar-refractivity contribution >= 4 is 45.2 Å². The molecule has 0 radical (unpaired) electrons. The zero-order chi connectivity index (χ0) is 25.8. The molecule has 36 heavy (non-hydrogen) atoms. The lowest BCUT2D eigenvalue weighted by molar-refractivity contribution is 0.409. The molecule has 0 saturated carbocycles. The van der Waals surface area contributed by atoms with Crippen molar-refractivity contribution in [3.63, 3.8) is 0 Å². The average Bonchev–Trinajstić information content (AvgIpc) is 2.79. The van der Waals surface area contributed by atoms with Gasteiger partial charge >= 0.3 is 0 Å². The summed E-state index contributed by atoms with van der Waals surface area (Å²) in [7, 11) is 0. The van der Waals surface area contributed by atoms with Gasteiger partial charge in [-0.05, 0) is 76.1 Å². The fraction of sp³-hybridized carbons (Fsp3) is 0.333. The van der Waals surface area contributed by atoms with Gasteiger partial charge in [-0.25, -0.2) is 0 Å². The first kappa shape index (κ1) is 24.6. The highest BCUT2D eigenvalue weighted by atomic mass is 32.2. The van der Waals surface area contributed by atoms with Gasteiger partial charge in [0.1, 0.15) is 0 Å². The lowest BCUT2D eigenvalue weighted by Gasteiger charge is -2.28. The van der Waals surface area contributed by atoms with E-state index in [-0.39, 0.29) is 10.8 Å². The molecule has 1 aliphatic heterocycles. The van der Waals surface area contributed by atoms with Crippen LogP contribution in [0.3, 0.4) is 0 Å². The van der Waals surface area contributed by atoms with Crippen LogP contribution in [-0.2, 0) is 12.8 Å². The van der Waals surface area contributed by atoms with Gasteiger partial charge in [0.05, 0.1) is 16.9 Å². The molecule has 0 bridgehead atoms. The smallest absolute Gasteiger partial charge is 0.0825 e. The van der Waals surface area contributed by atoms with Gasteiger partial charge in [-0.15, -0.1) is 6.42 Å². The first-order valence-corrected chi connectivity index (χ1v) is 13.5. The van der Waals surface area contributed by atoms with Gasteiger partial charge in [-0.2, -0.15) is 0 Å². The zero-order valence-corrected chi connectivity index (χ0v) is 23.2. The van der Waals surface area contributed by atoms with Crippen LogP contribution in [0.25, 0.3) is 32.8 Å². The Kier molecular flexibility index (Phi) is 6.00. The van der Waals surface area contributed by atoms with Crippen LogP contribution in [0.5, 0.6) is 0 Å². The Balaban J connectivity index is 1.82. The number of pyridine rings is 1. The molecule has 2 nitrogen and oxygen atoms in total. The van der Waals surface area contributed by atoms with E-state index in [1.54, 1.807) is 0 Å². The summed E-state index contributed by atoms with van der Waals surface area (Å²) in [4.78, 5) is 12.2. The van der Waals surface area contributed by atoms with Crippen molar-refractivity contribution in [1.82, 2.24) is 4.98 Å². The third-order valence-electron chi connectivity index (χ3n) is 6.56. The molecule has 0 fully saturated rings. The number of benzene rings is 3. The van der Waals surface area contributed by atoms with E-state index < -0.39 is 0 Å². The second-order valence-corrected chi connectivity index (χ2v) is 13.3. The second-order valence-electron chi connectivity index (χ2n) is 12.2. The summed E-state index contributed by atoms with van der Waals surface area (Å²) >= 11 is 1.85. The van der Waals surface area contributed by atoms with Crippen molar-refractivity contribution in [2.45, 2.75) is 71.1 Å². The maximum absolute atomic E-state index is 6.02. The normalized spacial score (nSPS) is 13.4. The summed E-state index contributed by atoms with van der Waals surface area (Å²) in [5.41, 5.74) is 6.85. The Bertz CT molecular complexity index is 1590. The molecule has 1 aromatic heterocycles. The van der Waals surface area contributed by atoms with Gasteiger partial charge in [0.15, 0.2) is 0 Å². The standard InChI is InChI=1S/C33H34N2S/c1-9-21-16-25-30-28-24(13-14-35-30)23-12-11-20(18-32(3,4)5)15-22(23)17-27(28)36-31(25)26(19-33(6,7)8)29(21)34-10-2/h1,10-17H,18-19H2,2-8H3. The lowest BCUT2D eigenvalue weighted by Crippen LogP contribution is -2.12. The molecular formula is C33H34N2S. The highest BCUT2D eigenvalue weighted by Crippen LogP contribution is 2.53. The molecule has 182 valence electrons. The van der Waals surface area contributed by atoms with Crippen LogP contribution in [0.2, 0.25) is 0 Å². The van der Waals surface area contributed by atoms with Crippen LogP contribution < -0.4 is 0 Å². The van der Waals surface area contributed by atoms with Crippen LogP contribution in [0.15, 0.2) is 57.4 Å². The monoisotopic (exact) mass is 490 g/mol. The maximum atomic E-state index is 6.02.